The Balaban J connectivity index is 4.05. The second-order valence-electron chi connectivity index (χ2n) is 4.32. The Morgan fingerprint density at radius 2 is 1.46 bits per heavy atom. The molecule has 0 spiro atoms. The molecule has 0 saturated heterocycles. The van der Waals surface area contributed by atoms with E-state index in [0.717, 1.165) is 0 Å². The molecule has 0 aliphatic carbocycles. The molecule has 0 fully saturated rings. The number of rotatable bonds is 5. The van der Waals surface area contributed by atoms with E-state index < -0.39 is 32.0 Å². The highest BCUT2D eigenvalue weighted by Gasteiger charge is 2.40. The molecule has 0 amide bonds. The summed E-state index contributed by atoms with van der Waals surface area (Å²) < 4.78 is 16.2. The fraction of sp³-hybridized carbons (Fsp3) is 1.00. The van der Waals surface area contributed by atoms with Gasteiger partial charge in [-0.25, -0.2) is 0 Å². The maximum absolute atomic E-state index is 9.52. The van der Waals surface area contributed by atoms with E-state index in [4.69, 9.17) is 10.7 Å². The van der Waals surface area contributed by atoms with Crippen molar-refractivity contribution in [2.45, 2.75) is 32.7 Å². The van der Waals surface area contributed by atoms with Gasteiger partial charge in [0.1, 0.15) is 0 Å². The lowest BCUT2D eigenvalue weighted by Crippen LogP contribution is -2.45. The summed E-state index contributed by atoms with van der Waals surface area (Å²) in [4.78, 5) is 9.52. The largest absolute Gasteiger partial charge is 0.884 e. The number of hydrogen-bond donors (Lipinski definition) is 1. The van der Waals surface area contributed by atoms with Gasteiger partial charge in [-0.3, -0.25) is 0 Å². The van der Waals surface area contributed by atoms with Crippen LogP contribution in [0.5, 0.6) is 0 Å². The third kappa shape index (κ3) is 9.12. The second kappa shape index (κ2) is 5.05. The quantitative estimate of drug-likeness (QED) is 0.731. The highest BCUT2D eigenvalue weighted by molar-refractivity contribution is 6.77. The highest BCUT2D eigenvalue weighted by Crippen LogP contribution is 2.09. The van der Waals surface area contributed by atoms with E-state index in [-0.39, 0.29) is 0 Å². The summed E-state index contributed by atoms with van der Waals surface area (Å²) in [6.45, 7) is 9.63. The van der Waals surface area contributed by atoms with E-state index in [1.54, 1.807) is 20.2 Å². The molecule has 0 rings (SSSR count). The van der Waals surface area contributed by atoms with Crippen LogP contribution < -0.4 is 0 Å². The van der Waals surface area contributed by atoms with Gasteiger partial charge in [-0.2, -0.15) is 0 Å². The summed E-state index contributed by atoms with van der Waals surface area (Å²) >= 11 is -2.09. The summed E-state index contributed by atoms with van der Waals surface area (Å²) in [5, 5.41) is 0. The first-order valence-corrected chi connectivity index (χ1v) is 11.9. The minimum Gasteiger partial charge on any atom is -0.499 e. The zero-order chi connectivity index (χ0) is 10.7. The average Bonchev–Trinajstić information content (AvgIpc) is 1.79. The molecule has 0 heterocycles. The van der Waals surface area contributed by atoms with Crippen LogP contribution in [0.1, 0.15) is 0 Å². The third-order valence-corrected chi connectivity index (χ3v) is 8.09. The van der Waals surface area contributed by atoms with Crippen molar-refractivity contribution < 1.29 is 15.5 Å². The van der Waals surface area contributed by atoms with Gasteiger partial charge in [0.2, 0.25) is 0 Å². The first kappa shape index (κ1) is 13.8. The van der Waals surface area contributed by atoms with Crippen molar-refractivity contribution in [2.24, 2.45) is 0 Å². The van der Waals surface area contributed by atoms with Gasteiger partial charge in [-0.05, 0) is 32.7 Å². The van der Waals surface area contributed by atoms with Crippen LogP contribution in [0, 0.1) is 0 Å². The van der Waals surface area contributed by atoms with E-state index in [0.29, 0.717) is 0 Å². The van der Waals surface area contributed by atoms with E-state index in [2.05, 4.69) is 19.6 Å². The van der Waals surface area contributed by atoms with Crippen molar-refractivity contribution in [3.63, 3.8) is 0 Å². The zero-order valence-corrected chi connectivity index (χ0v) is 12.4. The van der Waals surface area contributed by atoms with Gasteiger partial charge in [0.25, 0.3) is 0 Å². The van der Waals surface area contributed by atoms with Gasteiger partial charge in [0.15, 0.2) is 8.32 Å². The summed E-state index contributed by atoms with van der Waals surface area (Å²) in [5.41, 5.74) is 0. The fourth-order valence-electron chi connectivity index (χ4n) is 0.644. The van der Waals surface area contributed by atoms with Crippen LogP contribution >= 0.6 is 0 Å². The van der Waals surface area contributed by atoms with Crippen molar-refractivity contribution in [3.8, 4) is 0 Å². The van der Waals surface area contributed by atoms with Crippen LogP contribution in [0.2, 0.25) is 32.7 Å². The molecule has 7 heteroatoms. The Kier molecular flexibility index (Phi) is 5.36. The van der Waals surface area contributed by atoms with Gasteiger partial charge in [-0.15, -0.1) is 0 Å². The van der Waals surface area contributed by atoms with Gasteiger partial charge < -0.3 is 15.5 Å². The Labute approximate surface area is 87.6 Å². The molecule has 13 heavy (non-hydrogen) atoms. The molecule has 0 aromatic rings. The average molecular weight is 238 g/mol. The van der Waals surface area contributed by atoms with Crippen molar-refractivity contribution in [2.75, 3.05) is 7.11 Å². The first-order chi connectivity index (χ1) is 5.64. The molecule has 0 aromatic carbocycles. The highest BCUT2D eigenvalue weighted by atomic mass is 28.4. The van der Waals surface area contributed by atoms with Gasteiger partial charge in [0.05, 0.1) is 0 Å². The minimum atomic E-state index is -2.51. The minimum absolute atomic E-state index is 1.57. The van der Waals surface area contributed by atoms with Crippen LogP contribution in [0.3, 0.4) is 0 Å². The molecule has 4 nitrogen and oxygen atoms in total. The Hall–Kier alpha value is 0.806. The molecule has 0 aliphatic rings. The normalized spacial score (nSPS) is 13.2. The fourth-order valence-corrected chi connectivity index (χ4v) is 6.23. The lowest BCUT2D eigenvalue weighted by Gasteiger charge is -2.25. The SMILES string of the molecule is C[O][Al]([O][Si](C)(C)C)[O][Si](C)(C)O. The predicted molar refractivity (Wildman–Crippen MR) is 58.0 cm³/mol. The van der Waals surface area contributed by atoms with E-state index in [9.17, 15) is 4.80 Å². The lowest BCUT2D eigenvalue weighted by atomic mass is 11.8. The van der Waals surface area contributed by atoms with Crippen molar-refractivity contribution in [3.05, 3.63) is 0 Å². The maximum Gasteiger partial charge on any atom is 0.884 e. The van der Waals surface area contributed by atoms with Crippen molar-refractivity contribution in [1.82, 2.24) is 0 Å². The van der Waals surface area contributed by atoms with Crippen LogP contribution in [0.4, 0.5) is 0 Å². The Morgan fingerprint density at radius 1 is 1.00 bits per heavy atom. The molecule has 0 radical (unpaired) electrons. The second-order valence-corrected chi connectivity index (χ2v) is 14.4. The van der Waals surface area contributed by atoms with E-state index >= 15 is 0 Å². The first-order valence-electron chi connectivity index (χ1n) is 4.25. The molecule has 0 aliphatic heterocycles. The monoisotopic (exact) mass is 238 g/mol. The maximum atomic E-state index is 9.52. The summed E-state index contributed by atoms with van der Waals surface area (Å²) in [5.74, 6) is 0. The van der Waals surface area contributed by atoms with Gasteiger partial charge >= 0.3 is 23.7 Å². The molecule has 78 valence electrons. The summed E-state index contributed by atoms with van der Waals surface area (Å²) in [6, 6.07) is 0. The molecular weight excluding hydrogens is 219 g/mol. The van der Waals surface area contributed by atoms with E-state index in [1.807, 2.05) is 0 Å². The summed E-state index contributed by atoms with van der Waals surface area (Å²) in [7, 11) is -2.56. The summed E-state index contributed by atoms with van der Waals surface area (Å²) in [6.07, 6.45) is 0. The van der Waals surface area contributed by atoms with Crippen LogP contribution in [0.25, 0.3) is 0 Å². The zero-order valence-electron chi connectivity index (χ0n) is 9.25. The van der Waals surface area contributed by atoms with Crippen molar-refractivity contribution >= 4 is 32.0 Å². The molecule has 0 unspecified atom stereocenters. The lowest BCUT2D eigenvalue weighted by molar-refractivity contribution is 0.220. The molecule has 0 saturated carbocycles. The molecule has 0 atom stereocenters. The van der Waals surface area contributed by atoms with Crippen LogP contribution in [-0.4, -0.2) is 43.9 Å². The van der Waals surface area contributed by atoms with Gasteiger partial charge in [0, 0.05) is 7.11 Å². The van der Waals surface area contributed by atoms with Gasteiger partial charge in [-0.1, -0.05) is 0 Å². The number of hydrogen-bond acceptors (Lipinski definition) is 4. The third-order valence-electron chi connectivity index (χ3n) is 1.03. The molecule has 0 aromatic heterocycles. The van der Waals surface area contributed by atoms with Crippen LogP contribution in [-0.2, 0) is 10.7 Å². The predicted octanol–water partition coefficient (Wildman–Crippen LogP) is 1.18. The molecular formula is C6H19AlO4Si2. The Bertz CT molecular complexity index is 138. The van der Waals surface area contributed by atoms with E-state index in [1.165, 1.54) is 0 Å². The Morgan fingerprint density at radius 3 is 1.69 bits per heavy atom. The standard InChI is InChI=1S/C3H9OSi.C2H7O2Si.CH3O.Al/c2*1-5(2,3)4;1-2;/h1-3H3;3H,1-2H3;1H3;/q3*-1;+3. The molecule has 0 bridgehead atoms. The van der Waals surface area contributed by atoms with Crippen LogP contribution in [0.15, 0.2) is 0 Å². The topological polar surface area (TPSA) is 47.9 Å². The smallest absolute Gasteiger partial charge is 0.499 e. The molecule has 1 N–H and O–H groups in total. The van der Waals surface area contributed by atoms with Crippen molar-refractivity contribution in [1.29, 1.82) is 0 Å².